The van der Waals surface area contributed by atoms with Gasteiger partial charge in [-0.2, -0.15) is 0 Å². The number of nitrogens with one attached hydrogen (secondary N) is 1. The zero-order valence-electron chi connectivity index (χ0n) is 14.1. The van der Waals surface area contributed by atoms with Gasteiger partial charge >= 0.3 is 0 Å². The molecule has 126 valence electrons. The molecule has 0 amide bonds. The van der Waals surface area contributed by atoms with Crippen molar-refractivity contribution in [3.05, 3.63) is 18.0 Å². The molecular weight excluding hydrogens is 288 g/mol. The lowest BCUT2D eigenvalue weighted by Gasteiger charge is -2.53. The molecule has 5 nitrogen and oxygen atoms in total. The second-order valence-corrected chi connectivity index (χ2v) is 7.54. The van der Waals surface area contributed by atoms with Crippen LogP contribution < -0.4 is 5.32 Å². The molecule has 0 unspecified atom stereocenters. The fourth-order valence-corrected chi connectivity index (χ4v) is 4.55. The zero-order chi connectivity index (χ0) is 15.7. The molecule has 2 saturated heterocycles. The number of ether oxygens (including phenoxy) is 1. The smallest absolute Gasteiger partial charge is 0.222 e. The van der Waals surface area contributed by atoms with Crippen molar-refractivity contribution in [3.63, 3.8) is 0 Å². The average Bonchev–Trinajstić information content (AvgIpc) is 3.16. The summed E-state index contributed by atoms with van der Waals surface area (Å²) in [5, 5.41) is 3.36. The predicted molar refractivity (Wildman–Crippen MR) is 90.5 cm³/mol. The topological polar surface area (TPSA) is 50.3 Å². The Morgan fingerprint density at radius 2 is 1.96 bits per heavy atom. The first-order chi connectivity index (χ1) is 11.3. The lowest BCUT2D eigenvalue weighted by Crippen LogP contribution is -2.66. The van der Waals surface area contributed by atoms with Crippen LogP contribution in [0, 0.1) is 12.8 Å². The SMILES string of the molecule is Cc1cnc(NCC[C@@H]2CCOC23CN(C2CCCC2)C3)nc1. The molecule has 3 heterocycles. The number of nitrogens with zero attached hydrogens (tertiary/aromatic N) is 3. The van der Waals surface area contributed by atoms with Gasteiger partial charge in [0.15, 0.2) is 0 Å². The van der Waals surface area contributed by atoms with Gasteiger partial charge in [0.1, 0.15) is 0 Å². The van der Waals surface area contributed by atoms with E-state index in [-0.39, 0.29) is 5.60 Å². The van der Waals surface area contributed by atoms with E-state index in [4.69, 9.17) is 4.74 Å². The summed E-state index contributed by atoms with van der Waals surface area (Å²) in [7, 11) is 0. The quantitative estimate of drug-likeness (QED) is 0.905. The Morgan fingerprint density at radius 1 is 1.22 bits per heavy atom. The van der Waals surface area contributed by atoms with Gasteiger partial charge in [-0.05, 0) is 44.1 Å². The fraction of sp³-hybridized carbons (Fsp3) is 0.778. The highest BCUT2D eigenvalue weighted by Crippen LogP contribution is 2.44. The summed E-state index contributed by atoms with van der Waals surface area (Å²) >= 11 is 0. The van der Waals surface area contributed by atoms with Gasteiger partial charge in [0, 0.05) is 44.7 Å². The van der Waals surface area contributed by atoms with Crippen LogP contribution in [0.1, 0.15) is 44.1 Å². The average molecular weight is 316 g/mol. The van der Waals surface area contributed by atoms with Crippen molar-refractivity contribution < 1.29 is 4.74 Å². The van der Waals surface area contributed by atoms with Crippen LogP contribution in [0.5, 0.6) is 0 Å². The third kappa shape index (κ3) is 3.09. The van der Waals surface area contributed by atoms with E-state index >= 15 is 0 Å². The molecule has 5 heteroatoms. The number of aryl methyl sites for hydroxylation is 1. The number of likely N-dealkylation sites (tertiary alicyclic amines) is 1. The molecule has 23 heavy (non-hydrogen) atoms. The summed E-state index contributed by atoms with van der Waals surface area (Å²) in [6.45, 7) is 6.19. The Balaban J connectivity index is 1.26. The Morgan fingerprint density at radius 3 is 2.70 bits per heavy atom. The molecule has 0 bridgehead atoms. The minimum absolute atomic E-state index is 0.151. The van der Waals surface area contributed by atoms with Crippen molar-refractivity contribution in [2.75, 3.05) is 31.6 Å². The molecule has 1 aliphatic carbocycles. The molecule has 2 aliphatic heterocycles. The van der Waals surface area contributed by atoms with Gasteiger partial charge < -0.3 is 10.1 Å². The molecule has 1 atom stereocenters. The van der Waals surface area contributed by atoms with E-state index in [0.29, 0.717) is 5.92 Å². The molecule has 3 aliphatic rings. The minimum Gasteiger partial charge on any atom is -0.372 e. The highest BCUT2D eigenvalue weighted by Gasteiger charge is 2.54. The molecule has 1 saturated carbocycles. The Labute approximate surface area is 138 Å². The van der Waals surface area contributed by atoms with E-state index in [0.717, 1.165) is 50.2 Å². The van der Waals surface area contributed by atoms with Crippen LogP contribution in [0.2, 0.25) is 0 Å². The van der Waals surface area contributed by atoms with E-state index in [2.05, 4.69) is 20.2 Å². The first-order valence-electron chi connectivity index (χ1n) is 9.16. The standard InChI is InChI=1S/C18H28N4O/c1-14-10-20-17(21-11-14)19-8-6-15-7-9-23-18(15)12-22(13-18)16-4-2-3-5-16/h10-11,15-16H,2-9,12-13H2,1H3,(H,19,20,21)/t15-/m1/s1. The lowest BCUT2D eigenvalue weighted by atomic mass is 9.78. The van der Waals surface area contributed by atoms with Crippen LogP contribution in [0.15, 0.2) is 12.4 Å². The molecule has 3 fully saturated rings. The Hall–Kier alpha value is -1.20. The molecule has 0 aromatic carbocycles. The predicted octanol–water partition coefficient (Wildman–Crippen LogP) is 2.62. The van der Waals surface area contributed by atoms with Crippen molar-refractivity contribution in [1.29, 1.82) is 0 Å². The summed E-state index contributed by atoms with van der Waals surface area (Å²) in [6.07, 6.45) is 11.7. The van der Waals surface area contributed by atoms with Gasteiger partial charge in [-0.1, -0.05) is 12.8 Å². The maximum absolute atomic E-state index is 6.20. The third-order valence-corrected chi connectivity index (χ3v) is 5.94. The van der Waals surface area contributed by atoms with Crippen LogP contribution in [0.3, 0.4) is 0 Å². The third-order valence-electron chi connectivity index (χ3n) is 5.94. The van der Waals surface area contributed by atoms with Crippen LogP contribution in [-0.4, -0.2) is 52.8 Å². The maximum Gasteiger partial charge on any atom is 0.222 e. The van der Waals surface area contributed by atoms with Gasteiger partial charge in [0.2, 0.25) is 5.95 Å². The van der Waals surface area contributed by atoms with E-state index in [9.17, 15) is 0 Å². The lowest BCUT2D eigenvalue weighted by molar-refractivity contribution is -0.146. The van der Waals surface area contributed by atoms with E-state index in [1.807, 2.05) is 19.3 Å². The Kier molecular flexibility index (Phi) is 4.24. The molecule has 4 rings (SSSR count). The summed E-state index contributed by atoms with van der Waals surface area (Å²) in [5.41, 5.74) is 1.25. The second-order valence-electron chi connectivity index (χ2n) is 7.54. The van der Waals surface area contributed by atoms with E-state index in [1.165, 1.54) is 32.1 Å². The highest BCUT2D eigenvalue weighted by molar-refractivity contribution is 5.24. The van der Waals surface area contributed by atoms with Crippen molar-refractivity contribution >= 4 is 5.95 Å². The molecular formula is C18H28N4O. The highest BCUT2D eigenvalue weighted by atomic mass is 16.5. The molecule has 0 radical (unpaired) electrons. The molecule has 1 aromatic heterocycles. The Bertz CT molecular complexity index is 520. The van der Waals surface area contributed by atoms with E-state index < -0.39 is 0 Å². The van der Waals surface area contributed by atoms with Crippen LogP contribution in [0.4, 0.5) is 5.95 Å². The largest absolute Gasteiger partial charge is 0.372 e. The van der Waals surface area contributed by atoms with Crippen molar-refractivity contribution in [2.24, 2.45) is 5.92 Å². The van der Waals surface area contributed by atoms with Crippen LogP contribution in [-0.2, 0) is 4.74 Å². The first-order valence-corrected chi connectivity index (χ1v) is 9.16. The number of anilines is 1. The maximum atomic E-state index is 6.20. The van der Waals surface area contributed by atoms with Gasteiger partial charge in [0.25, 0.3) is 0 Å². The minimum atomic E-state index is 0.151. The first kappa shape index (κ1) is 15.3. The number of hydrogen-bond donors (Lipinski definition) is 1. The summed E-state index contributed by atoms with van der Waals surface area (Å²) in [4.78, 5) is 11.3. The second kappa shape index (κ2) is 6.36. The number of rotatable bonds is 5. The summed E-state index contributed by atoms with van der Waals surface area (Å²) < 4.78 is 6.20. The van der Waals surface area contributed by atoms with Crippen molar-refractivity contribution in [1.82, 2.24) is 14.9 Å². The molecule has 1 aromatic rings. The zero-order valence-corrected chi connectivity index (χ0v) is 14.1. The van der Waals surface area contributed by atoms with Crippen molar-refractivity contribution in [3.8, 4) is 0 Å². The van der Waals surface area contributed by atoms with Gasteiger partial charge in [-0.15, -0.1) is 0 Å². The van der Waals surface area contributed by atoms with Crippen LogP contribution in [0.25, 0.3) is 0 Å². The summed E-state index contributed by atoms with van der Waals surface area (Å²) in [6, 6.07) is 0.838. The van der Waals surface area contributed by atoms with E-state index in [1.54, 1.807) is 0 Å². The molecule has 1 N–H and O–H groups in total. The van der Waals surface area contributed by atoms with Gasteiger partial charge in [-0.3, -0.25) is 4.90 Å². The van der Waals surface area contributed by atoms with Crippen molar-refractivity contribution in [2.45, 2.75) is 57.1 Å². The van der Waals surface area contributed by atoms with Gasteiger partial charge in [0.05, 0.1) is 5.60 Å². The monoisotopic (exact) mass is 316 g/mol. The van der Waals surface area contributed by atoms with Crippen LogP contribution >= 0.6 is 0 Å². The molecule has 1 spiro atoms. The van der Waals surface area contributed by atoms with Gasteiger partial charge in [-0.25, -0.2) is 9.97 Å². The number of aromatic nitrogens is 2. The fourth-order valence-electron chi connectivity index (χ4n) is 4.55. The number of hydrogen-bond acceptors (Lipinski definition) is 5. The summed E-state index contributed by atoms with van der Waals surface area (Å²) in [5.74, 6) is 1.42. The normalized spacial score (nSPS) is 27.4.